The second kappa shape index (κ2) is 11.6. The fraction of sp³-hybridized carbons (Fsp3) is 0.647. The van der Waals surface area contributed by atoms with E-state index in [1.54, 1.807) is 0 Å². The Hall–Kier alpha value is -1.40. The molecule has 0 spiro atoms. The van der Waals surface area contributed by atoms with E-state index in [1.807, 2.05) is 0 Å². The first-order valence-corrected chi connectivity index (χ1v) is 13.0. The summed E-state index contributed by atoms with van der Waals surface area (Å²) in [4.78, 5) is 26.0. The zero-order valence-electron chi connectivity index (χ0n) is 18.4. The molecule has 32 heavy (non-hydrogen) atoms. The first-order chi connectivity index (χ1) is 15.1. The Bertz CT molecular complexity index is 983. The van der Waals surface area contributed by atoms with Gasteiger partial charge in [0.25, 0.3) is 5.56 Å². The molecule has 15 heteroatoms. The van der Waals surface area contributed by atoms with Crippen LogP contribution in [0, 0.1) is 0 Å². The van der Waals surface area contributed by atoms with Crippen molar-refractivity contribution in [2.75, 3.05) is 48.3 Å². The van der Waals surface area contributed by atoms with Crippen LogP contribution in [0.3, 0.4) is 0 Å². The van der Waals surface area contributed by atoms with Gasteiger partial charge in [0.15, 0.2) is 6.23 Å². The van der Waals surface area contributed by atoms with E-state index in [9.17, 15) is 18.7 Å². The third kappa shape index (κ3) is 6.80. The van der Waals surface area contributed by atoms with Crippen LogP contribution in [0.15, 0.2) is 33.7 Å². The lowest BCUT2D eigenvalue weighted by Crippen LogP contribution is -2.40. The monoisotopic (exact) mass is 498 g/mol. The molecule has 0 radical (unpaired) electrons. The summed E-state index contributed by atoms with van der Waals surface area (Å²) in [6.45, 7) is 1.56. The van der Waals surface area contributed by atoms with Crippen LogP contribution >= 0.6 is 15.2 Å². The molecule has 2 heterocycles. The smallest absolute Gasteiger partial charge is 0.353 e. The van der Waals surface area contributed by atoms with Crippen LogP contribution in [0.2, 0.25) is 0 Å². The van der Waals surface area contributed by atoms with Gasteiger partial charge < -0.3 is 27.8 Å². The molecule has 2 rings (SSSR count). The maximum Gasteiger partial charge on any atom is 0.353 e. The fourth-order valence-electron chi connectivity index (χ4n) is 2.89. The molecule has 0 bridgehead atoms. The van der Waals surface area contributed by atoms with Crippen LogP contribution < -0.4 is 11.2 Å². The number of aromatic amines is 1. The number of hydrogen-bond acceptors (Lipinski definition) is 11. The molecule has 1 aliphatic rings. The number of ether oxygens (including phenoxy) is 3. The minimum absolute atomic E-state index is 0.0884. The van der Waals surface area contributed by atoms with Crippen molar-refractivity contribution < 1.29 is 41.4 Å². The Labute approximate surface area is 184 Å². The van der Waals surface area contributed by atoms with E-state index >= 15 is 0 Å². The average Bonchev–Trinajstić information content (AvgIpc) is 3.08. The summed E-state index contributed by atoms with van der Waals surface area (Å²) in [6, 6.07) is 1.14. The summed E-state index contributed by atoms with van der Waals surface area (Å²) in [6.07, 6.45) is -1.58. The molecule has 182 valence electrons. The van der Waals surface area contributed by atoms with Crippen LogP contribution in [0.5, 0.6) is 0 Å². The summed E-state index contributed by atoms with van der Waals surface area (Å²) >= 11 is 0. The van der Waals surface area contributed by atoms with Crippen LogP contribution in [-0.2, 0) is 41.4 Å². The minimum Gasteiger partial charge on any atom is -0.382 e. The Kier molecular flexibility index (Phi) is 9.77. The van der Waals surface area contributed by atoms with Gasteiger partial charge in [-0.2, -0.15) is 0 Å². The van der Waals surface area contributed by atoms with Crippen molar-refractivity contribution in [3.8, 4) is 0 Å². The minimum atomic E-state index is -3.57. The molecule has 1 saturated heterocycles. The fourth-order valence-corrected chi connectivity index (χ4v) is 4.43. The number of H-pyrrole nitrogens is 1. The van der Waals surface area contributed by atoms with Crippen molar-refractivity contribution in [2.45, 2.75) is 24.5 Å². The number of rotatable bonds is 12. The second-order valence-corrected chi connectivity index (χ2v) is 10.8. The quantitative estimate of drug-likeness (QED) is 0.328. The van der Waals surface area contributed by atoms with Crippen LogP contribution in [-0.4, -0.2) is 76.2 Å². The molecule has 1 aromatic rings. The molecule has 1 N–H and O–H groups in total. The summed E-state index contributed by atoms with van der Waals surface area (Å²) in [5.41, 5.74) is -1.35. The van der Waals surface area contributed by atoms with E-state index in [2.05, 4.69) is 4.98 Å². The lowest BCUT2D eigenvalue weighted by molar-refractivity contribution is -0.0764. The SMILES string of the molecule is COCCO[C@@H]1[C@H](OP(C)(=O)OC)C(/C=C/P(=O)(OC)OC)O[C@H]1n1ccc(=O)[nH]c1=O. The first-order valence-electron chi connectivity index (χ1n) is 9.39. The van der Waals surface area contributed by atoms with E-state index in [0.717, 1.165) is 16.5 Å². The van der Waals surface area contributed by atoms with Crippen molar-refractivity contribution in [3.05, 3.63) is 45.0 Å². The van der Waals surface area contributed by atoms with Crippen molar-refractivity contribution >= 4 is 15.2 Å². The van der Waals surface area contributed by atoms with E-state index in [4.69, 9.17) is 32.3 Å². The highest BCUT2D eigenvalue weighted by atomic mass is 31.2. The Morgan fingerprint density at radius 3 is 2.34 bits per heavy atom. The molecule has 5 atom stereocenters. The summed E-state index contributed by atoms with van der Waals surface area (Å²) in [5, 5.41) is 0. The molecule has 1 aromatic heterocycles. The van der Waals surface area contributed by atoms with E-state index < -0.39 is 51.0 Å². The third-order valence-electron chi connectivity index (χ3n) is 4.56. The average molecular weight is 498 g/mol. The zero-order valence-corrected chi connectivity index (χ0v) is 20.2. The lowest BCUT2D eigenvalue weighted by Gasteiger charge is -2.26. The second-order valence-electron chi connectivity index (χ2n) is 6.61. The largest absolute Gasteiger partial charge is 0.382 e. The molecule has 2 unspecified atom stereocenters. The molecule has 0 aromatic carbocycles. The summed E-state index contributed by atoms with van der Waals surface area (Å²) < 4.78 is 63.3. The lowest BCUT2D eigenvalue weighted by atomic mass is 10.1. The molecule has 13 nitrogen and oxygen atoms in total. The topological polar surface area (TPSA) is 154 Å². The number of methoxy groups -OCH3 is 1. The van der Waals surface area contributed by atoms with Gasteiger partial charge in [-0.15, -0.1) is 0 Å². The van der Waals surface area contributed by atoms with Crippen molar-refractivity contribution in [1.82, 2.24) is 9.55 Å². The molecular formula is C17H28N2O11P2. The molecule has 0 amide bonds. The van der Waals surface area contributed by atoms with Crippen LogP contribution in [0.25, 0.3) is 0 Å². The van der Waals surface area contributed by atoms with Crippen molar-refractivity contribution in [1.29, 1.82) is 0 Å². The van der Waals surface area contributed by atoms with Gasteiger partial charge in [0.2, 0.25) is 0 Å². The van der Waals surface area contributed by atoms with Gasteiger partial charge in [0.1, 0.15) is 18.3 Å². The van der Waals surface area contributed by atoms with Crippen LogP contribution in [0.1, 0.15) is 6.23 Å². The predicted molar refractivity (Wildman–Crippen MR) is 113 cm³/mol. The number of hydrogen-bond donors (Lipinski definition) is 1. The normalized spacial score (nSPS) is 25.9. The van der Waals surface area contributed by atoms with Gasteiger partial charge in [-0.25, -0.2) is 4.79 Å². The molecule has 1 fully saturated rings. The summed E-state index contributed by atoms with van der Waals surface area (Å²) in [5.74, 6) is 1.16. The predicted octanol–water partition coefficient (Wildman–Crippen LogP) is 1.32. The van der Waals surface area contributed by atoms with Crippen LogP contribution in [0.4, 0.5) is 0 Å². The number of aromatic nitrogens is 2. The Balaban J connectivity index is 2.51. The standard InChI is InChI=1S/C17H28N2O11P2/c1-24-9-10-28-15-14(30-31(5,22)25-2)12(7-11-32(23,26-3)27-4)29-16(15)19-8-6-13(20)18-17(19)21/h6-8,11-12,14-16H,9-10H2,1-5H3,(H,18,20,21)/b11-7+/t12?,14-,15-,16-,31?/m1/s1. The highest BCUT2D eigenvalue weighted by Gasteiger charge is 2.49. The first kappa shape index (κ1) is 26.8. The van der Waals surface area contributed by atoms with E-state index in [1.165, 1.54) is 47.4 Å². The highest BCUT2D eigenvalue weighted by Crippen LogP contribution is 2.51. The van der Waals surface area contributed by atoms with Gasteiger partial charge in [-0.3, -0.25) is 28.0 Å². The maximum atomic E-state index is 12.6. The molecular weight excluding hydrogens is 470 g/mol. The maximum absolute atomic E-state index is 12.6. The van der Waals surface area contributed by atoms with Crippen molar-refractivity contribution in [3.63, 3.8) is 0 Å². The van der Waals surface area contributed by atoms with Gasteiger partial charge in [0.05, 0.1) is 13.2 Å². The van der Waals surface area contributed by atoms with E-state index in [0.29, 0.717) is 0 Å². The highest BCUT2D eigenvalue weighted by molar-refractivity contribution is 7.57. The molecule has 0 aliphatic carbocycles. The van der Waals surface area contributed by atoms with Gasteiger partial charge in [-0.05, 0) is 6.08 Å². The van der Waals surface area contributed by atoms with Crippen molar-refractivity contribution in [2.24, 2.45) is 0 Å². The Morgan fingerprint density at radius 2 is 1.78 bits per heavy atom. The zero-order chi connectivity index (χ0) is 23.9. The van der Waals surface area contributed by atoms with Gasteiger partial charge in [0, 0.05) is 53.2 Å². The van der Waals surface area contributed by atoms with E-state index in [-0.39, 0.29) is 13.2 Å². The molecule has 1 aliphatic heterocycles. The van der Waals surface area contributed by atoms with Gasteiger partial charge >= 0.3 is 20.9 Å². The number of nitrogens with zero attached hydrogens (tertiary/aromatic N) is 1. The molecule has 0 saturated carbocycles. The Morgan fingerprint density at radius 1 is 1.09 bits per heavy atom. The third-order valence-corrected chi connectivity index (χ3v) is 7.41. The number of nitrogens with one attached hydrogen (secondary N) is 1. The van der Waals surface area contributed by atoms with Gasteiger partial charge in [-0.1, -0.05) is 0 Å². The summed E-state index contributed by atoms with van der Waals surface area (Å²) in [7, 11) is -2.00.